The van der Waals surface area contributed by atoms with E-state index in [2.05, 4.69) is 15.9 Å². The molecule has 0 atom stereocenters. The van der Waals surface area contributed by atoms with Crippen LogP contribution in [0, 0.1) is 0 Å². The van der Waals surface area contributed by atoms with Crippen LogP contribution in [0.25, 0.3) is 10.9 Å². The van der Waals surface area contributed by atoms with Crippen molar-refractivity contribution in [3.63, 3.8) is 0 Å². The number of aromatic nitrogens is 1. The highest BCUT2D eigenvalue weighted by molar-refractivity contribution is 9.10. The predicted molar refractivity (Wildman–Crippen MR) is 70.0 cm³/mol. The van der Waals surface area contributed by atoms with Gasteiger partial charge in [-0.25, -0.2) is 0 Å². The minimum Gasteiger partial charge on any atom is -0.481 e. The quantitative estimate of drug-likeness (QED) is 0.907. The molecule has 3 N–H and O–H groups in total. The van der Waals surface area contributed by atoms with Crippen LogP contribution in [0.5, 0.6) is 0 Å². The van der Waals surface area contributed by atoms with Crippen LogP contribution in [0.1, 0.15) is 5.56 Å². The molecule has 1 aromatic heterocycles. The van der Waals surface area contributed by atoms with Crippen molar-refractivity contribution >= 4 is 32.8 Å². The molecule has 90 valence electrons. The summed E-state index contributed by atoms with van der Waals surface area (Å²) in [5.74, 6) is -0.820. The molecule has 0 radical (unpaired) electrons. The number of halogens is 1. The van der Waals surface area contributed by atoms with Crippen LogP contribution >= 0.6 is 15.9 Å². The van der Waals surface area contributed by atoms with Crippen LogP contribution in [0.3, 0.4) is 0 Å². The molecular weight excluding hydrogens is 284 g/mol. The van der Waals surface area contributed by atoms with Gasteiger partial charge in [0.2, 0.25) is 0 Å². The van der Waals surface area contributed by atoms with Crippen LogP contribution in [0.2, 0.25) is 0 Å². The lowest BCUT2D eigenvalue weighted by atomic mass is 10.1. The molecule has 0 amide bonds. The van der Waals surface area contributed by atoms with Crippen molar-refractivity contribution in [2.24, 2.45) is 5.73 Å². The highest BCUT2D eigenvalue weighted by Crippen LogP contribution is 2.25. The maximum absolute atomic E-state index is 10.8. The van der Waals surface area contributed by atoms with Gasteiger partial charge < -0.3 is 15.4 Å². The fourth-order valence-electron chi connectivity index (χ4n) is 1.97. The number of nitrogens with zero attached hydrogens (tertiary/aromatic N) is 1. The lowest BCUT2D eigenvalue weighted by Crippen LogP contribution is -2.08. The average Bonchev–Trinajstić information content (AvgIpc) is 2.56. The summed E-state index contributed by atoms with van der Waals surface area (Å²) in [6.07, 6.45) is 1.91. The standard InChI is InChI=1S/C12H13BrN2O2/c13-9-1-2-10-8(5-12(16)17)7-15(4-3-14)11(10)6-9/h1-2,6-7H,3-5,14H2,(H,16,17). The van der Waals surface area contributed by atoms with Crippen molar-refractivity contribution in [1.29, 1.82) is 0 Å². The van der Waals surface area contributed by atoms with E-state index in [1.165, 1.54) is 0 Å². The smallest absolute Gasteiger partial charge is 0.307 e. The van der Waals surface area contributed by atoms with Gasteiger partial charge in [0.25, 0.3) is 0 Å². The zero-order chi connectivity index (χ0) is 12.4. The normalized spacial score (nSPS) is 10.9. The summed E-state index contributed by atoms with van der Waals surface area (Å²) >= 11 is 3.42. The molecule has 0 spiro atoms. The first-order valence-corrected chi connectivity index (χ1v) is 6.10. The zero-order valence-electron chi connectivity index (χ0n) is 9.19. The van der Waals surface area contributed by atoms with Gasteiger partial charge in [-0.2, -0.15) is 0 Å². The van der Waals surface area contributed by atoms with Gasteiger partial charge in [0, 0.05) is 34.7 Å². The van der Waals surface area contributed by atoms with Crippen molar-refractivity contribution < 1.29 is 9.90 Å². The largest absolute Gasteiger partial charge is 0.481 e. The first-order valence-electron chi connectivity index (χ1n) is 5.31. The van der Waals surface area contributed by atoms with E-state index in [4.69, 9.17) is 10.8 Å². The maximum Gasteiger partial charge on any atom is 0.307 e. The van der Waals surface area contributed by atoms with Crippen LogP contribution in [0.15, 0.2) is 28.9 Å². The lowest BCUT2D eigenvalue weighted by Gasteiger charge is -2.02. The number of rotatable bonds is 4. The molecule has 2 aromatic rings. The summed E-state index contributed by atoms with van der Waals surface area (Å²) in [5, 5.41) is 9.85. The number of carboxylic acid groups (broad SMARTS) is 1. The minimum absolute atomic E-state index is 0.0374. The monoisotopic (exact) mass is 296 g/mol. The average molecular weight is 297 g/mol. The molecule has 0 aliphatic carbocycles. The second-order valence-corrected chi connectivity index (χ2v) is 4.78. The molecule has 0 saturated carbocycles. The van der Waals surface area contributed by atoms with Crippen molar-refractivity contribution in [3.8, 4) is 0 Å². The Morgan fingerprint density at radius 1 is 1.47 bits per heavy atom. The second kappa shape index (κ2) is 4.89. The molecule has 1 heterocycles. The lowest BCUT2D eigenvalue weighted by molar-refractivity contribution is -0.136. The number of aliphatic carboxylic acids is 1. The fraction of sp³-hybridized carbons (Fsp3) is 0.250. The summed E-state index contributed by atoms with van der Waals surface area (Å²) in [6, 6.07) is 5.83. The summed E-state index contributed by atoms with van der Waals surface area (Å²) < 4.78 is 2.97. The van der Waals surface area contributed by atoms with E-state index in [1.54, 1.807) is 0 Å². The van der Waals surface area contributed by atoms with Crippen LogP contribution in [-0.4, -0.2) is 22.2 Å². The van der Waals surface area contributed by atoms with Gasteiger partial charge >= 0.3 is 5.97 Å². The first kappa shape index (κ1) is 12.1. The van der Waals surface area contributed by atoms with Gasteiger partial charge in [-0.15, -0.1) is 0 Å². The van der Waals surface area contributed by atoms with Crippen LogP contribution in [-0.2, 0) is 17.8 Å². The van der Waals surface area contributed by atoms with Crippen molar-refractivity contribution in [1.82, 2.24) is 4.57 Å². The van der Waals surface area contributed by atoms with Crippen molar-refractivity contribution in [2.75, 3.05) is 6.54 Å². The number of hydrogen-bond acceptors (Lipinski definition) is 2. The van der Waals surface area contributed by atoms with E-state index in [0.29, 0.717) is 13.1 Å². The van der Waals surface area contributed by atoms with Crippen molar-refractivity contribution in [3.05, 3.63) is 34.4 Å². The molecule has 17 heavy (non-hydrogen) atoms. The maximum atomic E-state index is 10.8. The zero-order valence-corrected chi connectivity index (χ0v) is 10.8. The highest BCUT2D eigenvalue weighted by atomic mass is 79.9. The van der Waals surface area contributed by atoms with Crippen LogP contribution in [0.4, 0.5) is 0 Å². The second-order valence-electron chi connectivity index (χ2n) is 3.87. The molecule has 0 aliphatic heterocycles. The van der Waals surface area contributed by atoms with Gasteiger partial charge in [0.1, 0.15) is 0 Å². The molecule has 0 unspecified atom stereocenters. The number of fused-ring (bicyclic) bond motifs is 1. The Morgan fingerprint density at radius 2 is 2.24 bits per heavy atom. The molecule has 4 nitrogen and oxygen atoms in total. The first-order chi connectivity index (χ1) is 8.11. The molecule has 0 bridgehead atoms. The Morgan fingerprint density at radius 3 is 2.88 bits per heavy atom. The summed E-state index contributed by atoms with van der Waals surface area (Å²) in [7, 11) is 0. The van der Waals surface area contributed by atoms with Gasteiger partial charge in [-0.1, -0.05) is 22.0 Å². The van der Waals surface area contributed by atoms with E-state index in [-0.39, 0.29) is 6.42 Å². The van der Waals surface area contributed by atoms with Crippen molar-refractivity contribution in [2.45, 2.75) is 13.0 Å². The third-order valence-electron chi connectivity index (χ3n) is 2.64. The number of hydrogen-bond donors (Lipinski definition) is 2. The molecule has 0 aliphatic rings. The Kier molecular flexibility index (Phi) is 3.49. The number of nitrogens with two attached hydrogens (primary N) is 1. The molecule has 5 heteroatoms. The highest BCUT2D eigenvalue weighted by Gasteiger charge is 2.11. The molecule has 2 rings (SSSR count). The summed E-state index contributed by atoms with van der Waals surface area (Å²) in [6.45, 7) is 1.22. The summed E-state index contributed by atoms with van der Waals surface area (Å²) in [5.41, 5.74) is 7.39. The minimum atomic E-state index is -0.820. The van der Waals surface area contributed by atoms with Crippen LogP contribution < -0.4 is 5.73 Å². The molecule has 1 aromatic carbocycles. The van der Waals surface area contributed by atoms with Gasteiger partial charge in [0.15, 0.2) is 0 Å². The molecule has 0 fully saturated rings. The Balaban J connectivity index is 2.57. The third-order valence-corrected chi connectivity index (χ3v) is 3.13. The Labute approximate surface area is 107 Å². The molecular formula is C12H13BrN2O2. The summed E-state index contributed by atoms with van der Waals surface area (Å²) in [4.78, 5) is 10.8. The van der Waals surface area contributed by atoms with Gasteiger partial charge in [-0.05, 0) is 17.7 Å². The topological polar surface area (TPSA) is 68.2 Å². The van der Waals surface area contributed by atoms with E-state index in [1.807, 2.05) is 29.0 Å². The van der Waals surface area contributed by atoms with E-state index in [9.17, 15) is 4.79 Å². The van der Waals surface area contributed by atoms with E-state index >= 15 is 0 Å². The predicted octanol–water partition coefficient (Wildman–Crippen LogP) is 1.99. The van der Waals surface area contributed by atoms with E-state index in [0.717, 1.165) is 20.9 Å². The number of benzene rings is 1. The number of carbonyl (C=O) groups is 1. The Bertz CT molecular complexity index is 563. The SMILES string of the molecule is NCCn1cc(CC(=O)O)c2ccc(Br)cc21. The third kappa shape index (κ3) is 2.50. The van der Waals surface area contributed by atoms with Gasteiger partial charge in [0.05, 0.1) is 6.42 Å². The van der Waals surface area contributed by atoms with Gasteiger partial charge in [-0.3, -0.25) is 4.79 Å². The molecule has 0 saturated heterocycles. The number of carboxylic acids is 1. The van der Waals surface area contributed by atoms with E-state index < -0.39 is 5.97 Å². The Hall–Kier alpha value is -1.33. The fourth-order valence-corrected chi connectivity index (χ4v) is 2.32.